The fourth-order valence-electron chi connectivity index (χ4n) is 2.60. The van der Waals surface area contributed by atoms with Gasteiger partial charge in [-0.25, -0.2) is 5.43 Å². The number of aromatic hydroxyl groups is 1. The highest BCUT2D eigenvalue weighted by Gasteiger charge is 2.03. The lowest BCUT2D eigenvalue weighted by atomic mass is 10.1. The van der Waals surface area contributed by atoms with E-state index in [0.29, 0.717) is 12.2 Å². The number of nitrogens with zero attached hydrogens (tertiary/aromatic N) is 1. The van der Waals surface area contributed by atoms with Crippen LogP contribution in [-0.2, 0) is 6.42 Å². The molecule has 0 aliphatic carbocycles. The molecule has 0 fully saturated rings. The maximum Gasteiger partial charge on any atom is 0.271 e. The first kappa shape index (κ1) is 19.2. The predicted molar refractivity (Wildman–Crippen MR) is 110 cm³/mol. The number of carbonyl (C=O) groups excluding carboxylic acids is 1. The molecule has 0 saturated carbocycles. The summed E-state index contributed by atoms with van der Waals surface area (Å²) in [4.78, 5) is 11.9. The van der Waals surface area contributed by atoms with Gasteiger partial charge in [0.2, 0.25) is 0 Å². The molecular formula is C23H22N2O3. The molecule has 28 heavy (non-hydrogen) atoms. The van der Waals surface area contributed by atoms with E-state index in [1.54, 1.807) is 6.21 Å². The zero-order valence-electron chi connectivity index (χ0n) is 15.4. The zero-order chi connectivity index (χ0) is 19.6. The first-order valence-corrected chi connectivity index (χ1v) is 9.10. The number of rotatable bonds is 8. The summed E-state index contributed by atoms with van der Waals surface area (Å²) < 4.78 is 5.76. The topological polar surface area (TPSA) is 70.9 Å². The van der Waals surface area contributed by atoms with Crippen LogP contribution in [0.2, 0.25) is 0 Å². The van der Waals surface area contributed by atoms with Crippen molar-refractivity contribution in [3.63, 3.8) is 0 Å². The van der Waals surface area contributed by atoms with Crippen LogP contribution in [0.15, 0.2) is 84.0 Å². The van der Waals surface area contributed by atoms with Gasteiger partial charge < -0.3 is 9.84 Å². The normalized spacial score (nSPS) is 10.7. The third-order valence-corrected chi connectivity index (χ3v) is 4.11. The highest BCUT2D eigenvalue weighted by Crippen LogP contribution is 2.12. The highest BCUT2D eigenvalue weighted by atomic mass is 16.5. The van der Waals surface area contributed by atoms with Gasteiger partial charge in [-0.2, -0.15) is 5.10 Å². The van der Waals surface area contributed by atoms with E-state index in [1.807, 2.05) is 42.5 Å². The molecule has 3 aromatic carbocycles. The molecule has 0 heterocycles. The molecule has 0 unspecified atom stereocenters. The summed E-state index contributed by atoms with van der Waals surface area (Å²) in [5.74, 6) is 0.579. The van der Waals surface area contributed by atoms with Gasteiger partial charge in [-0.3, -0.25) is 4.79 Å². The van der Waals surface area contributed by atoms with Gasteiger partial charge in [0.25, 0.3) is 5.91 Å². The number of phenolic OH excluding ortho intramolecular Hbond substituents is 1. The first-order chi connectivity index (χ1) is 13.7. The third-order valence-electron chi connectivity index (χ3n) is 4.11. The second kappa shape index (κ2) is 9.92. The van der Waals surface area contributed by atoms with E-state index in [0.717, 1.165) is 24.2 Å². The molecule has 0 aliphatic heterocycles. The molecule has 142 valence electrons. The quantitative estimate of drug-likeness (QED) is 0.353. The zero-order valence-corrected chi connectivity index (χ0v) is 15.4. The molecule has 3 aromatic rings. The number of carbonyl (C=O) groups is 1. The van der Waals surface area contributed by atoms with Crippen molar-refractivity contribution in [2.24, 2.45) is 5.10 Å². The van der Waals surface area contributed by atoms with Crippen LogP contribution in [0.5, 0.6) is 11.5 Å². The lowest BCUT2D eigenvalue weighted by molar-refractivity contribution is 0.0955. The van der Waals surface area contributed by atoms with E-state index in [2.05, 4.69) is 22.7 Å². The Balaban J connectivity index is 1.41. The van der Waals surface area contributed by atoms with Crippen molar-refractivity contribution in [3.8, 4) is 11.5 Å². The number of aryl methyl sites for hydroxylation is 1. The minimum absolute atomic E-state index is 0.113. The van der Waals surface area contributed by atoms with Crippen molar-refractivity contribution >= 4 is 12.1 Å². The van der Waals surface area contributed by atoms with Crippen LogP contribution < -0.4 is 10.2 Å². The number of phenols is 1. The summed E-state index contributed by atoms with van der Waals surface area (Å²) in [5, 5.41) is 13.2. The molecule has 0 bridgehead atoms. The van der Waals surface area contributed by atoms with Crippen molar-refractivity contribution in [1.29, 1.82) is 0 Å². The average molecular weight is 374 g/mol. The van der Waals surface area contributed by atoms with Crippen molar-refractivity contribution < 1.29 is 14.6 Å². The molecule has 5 heteroatoms. The monoisotopic (exact) mass is 374 g/mol. The van der Waals surface area contributed by atoms with Crippen LogP contribution in [0.4, 0.5) is 0 Å². The van der Waals surface area contributed by atoms with E-state index in [1.165, 1.54) is 29.8 Å². The SMILES string of the molecule is O=C(N/N=C\c1ccc(OCCCc2ccccc2)cc1)c1ccc(O)cc1. The average Bonchev–Trinajstić information content (AvgIpc) is 2.73. The maximum absolute atomic E-state index is 11.9. The number of ether oxygens (including phenoxy) is 1. The number of hydrogen-bond donors (Lipinski definition) is 2. The number of benzene rings is 3. The van der Waals surface area contributed by atoms with E-state index in [4.69, 9.17) is 4.74 Å². The van der Waals surface area contributed by atoms with Gasteiger partial charge in [0.1, 0.15) is 11.5 Å². The summed E-state index contributed by atoms with van der Waals surface area (Å²) in [6.45, 7) is 0.658. The molecular weight excluding hydrogens is 352 g/mol. The van der Waals surface area contributed by atoms with Crippen LogP contribution in [0, 0.1) is 0 Å². The molecule has 1 amide bonds. The Hall–Kier alpha value is -3.60. The van der Waals surface area contributed by atoms with Gasteiger partial charge in [0.05, 0.1) is 12.8 Å². The Morgan fingerprint density at radius 1 is 0.964 bits per heavy atom. The summed E-state index contributed by atoms with van der Waals surface area (Å²) in [6.07, 6.45) is 3.51. The third kappa shape index (κ3) is 5.99. The largest absolute Gasteiger partial charge is 0.508 e. The van der Waals surface area contributed by atoms with Gasteiger partial charge in [0.15, 0.2) is 0 Å². The molecule has 0 aromatic heterocycles. The van der Waals surface area contributed by atoms with Crippen LogP contribution in [0.25, 0.3) is 0 Å². The molecule has 0 saturated heterocycles. The van der Waals surface area contributed by atoms with Crippen molar-refractivity contribution in [3.05, 3.63) is 95.6 Å². The summed E-state index contributed by atoms with van der Waals surface area (Å²) in [5.41, 5.74) is 5.04. The number of amides is 1. The first-order valence-electron chi connectivity index (χ1n) is 9.10. The van der Waals surface area contributed by atoms with Crippen LogP contribution >= 0.6 is 0 Å². The summed E-state index contributed by atoms with van der Waals surface area (Å²) in [7, 11) is 0. The van der Waals surface area contributed by atoms with Gasteiger partial charge in [0, 0.05) is 5.56 Å². The second-order valence-corrected chi connectivity index (χ2v) is 6.25. The van der Waals surface area contributed by atoms with Crippen LogP contribution in [0.3, 0.4) is 0 Å². The molecule has 0 radical (unpaired) electrons. The fourth-order valence-corrected chi connectivity index (χ4v) is 2.60. The van der Waals surface area contributed by atoms with E-state index in [9.17, 15) is 9.90 Å². The number of hydrogen-bond acceptors (Lipinski definition) is 4. The van der Waals surface area contributed by atoms with Crippen molar-refractivity contribution in [2.75, 3.05) is 6.61 Å². The summed E-state index contributed by atoms with van der Waals surface area (Å²) >= 11 is 0. The predicted octanol–water partition coefficient (Wildman–Crippen LogP) is 4.17. The van der Waals surface area contributed by atoms with Crippen LogP contribution in [0.1, 0.15) is 27.9 Å². The minimum Gasteiger partial charge on any atom is -0.508 e. The maximum atomic E-state index is 11.9. The molecule has 0 atom stereocenters. The Kier molecular flexibility index (Phi) is 6.79. The lowest BCUT2D eigenvalue weighted by Gasteiger charge is -2.06. The Bertz CT molecular complexity index is 905. The van der Waals surface area contributed by atoms with Crippen LogP contribution in [-0.4, -0.2) is 23.8 Å². The van der Waals surface area contributed by atoms with Gasteiger partial charge in [-0.05, 0) is 72.5 Å². The van der Waals surface area contributed by atoms with E-state index in [-0.39, 0.29) is 11.7 Å². The highest BCUT2D eigenvalue weighted by molar-refractivity contribution is 5.94. The summed E-state index contributed by atoms with van der Waals surface area (Å²) in [6, 6.07) is 23.8. The van der Waals surface area contributed by atoms with Crippen molar-refractivity contribution in [1.82, 2.24) is 5.43 Å². The molecule has 0 spiro atoms. The smallest absolute Gasteiger partial charge is 0.271 e. The van der Waals surface area contributed by atoms with E-state index < -0.39 is 0 Å². The van der Waals surface area contributed by atoms with Gasteiger partial charge in [-0.1, -0.05) is 30.3 Å². The molecule has 0 aliphatic rings. The van der Waals surface area contributed by atoms with Crippen molar-refractivity contribution in [2.45, 2.75) is 12.8 Å². The minimum atomic E-state index is -0.338. The number of nitrogens with one attached hydrogen (secondary N) is 1. The molecule has 2 N–H and O–H groups in total. The van der Waals surface area contributed by atoms with Gasteiger partial charge in [-0.15, -0.1) is 0 Å². The molecule has 5 nitrogen and oxygen atoms in total. The lowest BCUT2D eigenvalue weighted by Crippen LogP contribution is -2.17. The molecule has 3 rings (SSSR count). The second-order valence-electron chi connectivity index (χ2n) is 6.25. The Morgan fingerprint density at radius 2 is 1.68 bits per heavy atom. The Labute approximate surface area is 164 Å². The fraction of sp³-hybridized carbons (Fsp3) is 0.130. The van der Waals surface area contributed by atoms with E-state index >= 15 is 0 Å². The number of hydrazone groups is 1. The standard InChI is InChI=1S/C23H22N2O3/c26-21-12-10-20(11-13-21)23(27)25-24-17-19-8-14-22(15-9-19)28-16-4-7-18-5-2-1-3-6-18/h1-3,5-6,8-15,17,26H,4,7,16H2,(H,25,27)/b24-17-. The Morgan fingerprint density at radius 3 is 2.39 bits per heavy atom. The van der Waals surface area contributed by atoms with Gasteiger partial charge >= 0.3 is 0 Å².